The van der Waals surface area contributed by atoms with E-state index in [-0.39, 0.29) is 53.7 Å². The van der Waals surface area contributed by atoms with Gasteiger partial charge in [0.1, 0.15) is 24.9 Å². The standard InChI is InChI=1S/C30H43N6O10PS/c1-4-5-7-12-21(37)43-17-30(2,3)28(41)48-14-13-44-47(42,33-15-19-10-8-6-9-11-19)45-16-20-23(38)24(39)27(46-20)36-18-32-22-25(36)34-29(31)35-26(22)40/h6,8-11,18,20,23-24,27,38-39H,4-5,7,12-17H2,1-3H3,(H,33,42)(H3,31,34,35,40). The number of carbonyl (C=O) groups excluding carboxylic acids is 2. The van der Waals surface area contributed by atoms with Crippen LogP contribution in [-0.4, -0.2) is 84.7 Å². The van der Waals surface area contributed by atoms with Gasteiger partial charge in [-0.25, -0.2) is 14.6 Å². The molecule has 18 heteroatoms. The molecular weight excluding hydrogens is 667 g/mol. The number of hydrogen-bond donors (Lipinski definition) is 5. The highest BCUT2D eigenvalue weighted by Gasteiger charge is 2.45. The average molecular weight is 711 g/mol. The maximum absolute atomic E-state index is 13.8. The van der Waals surface area contributed by atoms with E-state index in [1.165, 1.54) is 10.9 Å². The van der Waals surface area contributed by atoms with Crippen LogP contribution < -0.4 is 16.4 Å². The minimum atomic E-state index is -4.07. The second kappa shape index (κ2) is 17.0. The topological polar surface area (TPSA) is 230 Å². The van der Waals surface area contributed by atoms with E-state index in [0.717, 1.165) is 36.6 Å². The summed E-state index contributed by atoms with van der Waals surface area (Å²) in [5.74, 6) is -0.390. The Morgan fingerprint density at radius 1 is 1.19 bits per heavy atom. The monoisotopic (exact) mass is 710 g/mol. The lowest BCUT2D eigenvalue weighted by Crippen LogP contribution is -2.34. The number of benzene rings is 1. The molecule has 4 rings (SSSR count). The van der Waals surface area contributed by atoms with Crippen LogP contribution in [-0.2, 0) is 39.2 Å². The Morgan fingerprint density at radius 2 is 1.94 bits per heavy atom. The Hall–Kier alpha value is -3.15. The molecule has 3 aromatic rings. The van der Waals surface area contributed by atoms with Gasteiger partial charge in [0.05, 0.1) is 25.0 Å². The van der Waals surface area contributed by atoms with Gasteiger partial charge in [0, 0.05) is 18.7 Å². The average Bonchev–Trinajstić information content (AvgIpc) is 3.60. The number of aliphatic hydroxyl groups excluding tert-OH is 2. The number of nitrogens with one attached hydrogen (secondary N) is 2. The number of rotatable bonds is 18. The molecule has 264 valence electrons. The molecule has 1 aliphatic rings. The molecule has 1 aromatic carbocycles. The fourth-order valence-corrected chi connectivity index (χ4v) is 6.94. The Bertz CT molecular complexity index is 1640. The summed E-state index contributed by atoms with van der Waals surface area (Å²) in [5, 5.41) is 24.1. The van der Waals surface area contributed by atoms with Gasteiger partial charge in [-0.3, -0.25) is 33.0 Å². The number of nitrogens with two attached hydrogens (primary N) is 1. The predicted octanol–water partition coefficient (Wildman–Crippen LogP) is 2.66. The van der Waals surface area contributed by atoms with Crippen LogP contribution in [0.25, 0.3) is 11.2 Å². The number of anilines is 1. The first kappa shape index (κ1) is 37.7. The van der Waals surface area contributed by atoms with Crippen molar-refractivity contribution in [3.05, 3.63) is 52.6 Å². The van der Waals surface area contributed by atoms with Crippen LogP contribution in [0.4, 0.5) is 5.95 Å². The first-order chi connectivity index (χ1) is 22.8. The molecule has 0 spiro atoms. The Kier molecular flexibility index (Phi) is 13.3. The highest BCUT2D eigenvalue weighted by atomic mass is 32.2. The first-order valence-corrected chi connectivity index (χ1v) is 18.1. The molecule has 0 bridgehead atoms. The Labute approximate surface area is 281 Å². The van der Waals surface area contributed by atoms with Crippen molar-refractivity contribution in [2.24, 2.45) is 5.41 Å². The summed E-state index contributed by atoms with van der Waals surface area (Å²) in [6.07, 6.45) is -1.17. The van der Waals surface area contributed by atoms with E-state index < -0.39 is 49.9 Å². The van der Waals surface area contributed by atoms with Gasteiger partial charge < -0.3 is 25.4 Å². The molecule has 1 fully saturated rings. The number of aromatic nitrogens is 4. The second-order valence-corrected chi connectivity index (χ2v) is 14.8. The summed E-state index contributed by atoms with van der Waals surface area (Å²) < 4.78 is 37.6. The van der Waals surface area contributed by atoms with Crippen LogP contribution in [0.1, 0.15) is 58.2 Å². The van der Waals surface area contributed by atoms with E-state index in [9.17, 15) is 29.2 Å². The predicted molar refractivity (Wildman–Crippen MR) is 178 cm³/mol. The number of imidazole rings is 1. The summed E-state index contributed by atoms with van der Waals surface area (Å²) in [7, 11) is -4.07. The van der Waals surface area contributed by atoms with Crippen molar-refractivity contribution in [2.45, 2.75) is 77.5 Å². The van der Waals surface area contributed by atoms with Gasteiger partial charge in [-0.2, -0.15) is 4.98 Å². The van der Waals surface area contributed by atoms with E-state index in [2.05, 4.69) is 20.0 Å². The number of nitrogens with zero attached hydrogens (tertiary/aromatic N) is 3. The van der Waals surface area contributed by atoms with E-state index in [1.807, 2.05) is 37.3 Å². The molecular formula is C30H43N6O10PS. The zero-order valence-electron chi connectivity index (χ0n) is 27.1. The van der Waals surface area contributed by atoms with E-state index >= 15 is 0 Å². The molecule has 0 radical (unpaired) electrons. The number of nitrogen functional groups attached to an aromatic ring is 1. The molecule has 16 nitrogen and oxygen atoms in total. The van der Waals surface area contributed by atoms with Crippen molar-refractivity contribution >= 4 is 47.7 Å². The van der Waals surface area contributed by atoms with Gasteiger partial charge in [-0.05, 0) is 25.8 Å². The maximum Gasteiger partial charge on any atom is 0.405 e. The summed E-state index contributed by atoms with van der Waals surface area (Å²) >= 11 is 0.952. The minimum absolute atomic E-state index is 0.0351. The van der Waals surface area contributed by atoms with Gasteiger partial charge >= 0.3 is 13.7 Å². The molecule has 2 aromatic heterocycles. The van der Waals surface area contributed by atoms with Gasteiger partial charge in [-0.1, -0.05) is 61.9 Å². The number of aliphatic hydroxyl groups is 2. The number of esters is 1. The summed E-state index contributed by atoms with van der Waals surface area (Å²) in [6.45, 7) is 4.85. The van der Waals surface area contributed by atoms with Crippen molar-refractivity contribution in [1.29, 1.82) is 0 Å². The van der Waals surface area contributed by atoms with Crippen LogP contribution in [0.3, 0.4) is 0 Å². The molecule has 48 heavy (non-hydrogen) atoms. The molecule has 0 saturated carbocycles. The van der Waals surface area contributed by atoms with Crippen molar-refractivity contribution in [3.8, 4) is 0 Å². The summed E-state index contributed by atoms with van der Waals surface area (Å²) in [6, 6.07) is 9.10. The number of thioether (sulfide) groups is 1. The lowest BCUT2D eigenvalue weighted by atomic mass is 9.97. The minimum Gasteiger partial charge on any atom is -0.465 e. The molecule has 6 N–H and O–H groups in total. The molecule has 3 heterocycles. The van der Waals surface area contributed by atoms with Crippen LogP contribution in [0.2, 0.25) is 0 Å². The smallest absolute Gasteiger partial charge is 0.405 e. The molecule has 0 aliphatic carbocycles. The number of carbonyl (C=O) groups is 2. The van der Waals surface area contributed by atoms with Gasteiger partial charge in [0.15, 0.2) is 22.5 Å². The lowest BCUT2D eigenvalue weighted by molar-refractivity contribution is -0.147. The Morgan fingerprint density at radius 3 is 2.67 bits per heavy atom. The van der Waals surface area contributed by atoms with Crippen molar-refractivity contribution in [3.63, 3.8) is 0 Å². The zero-order chi connectivity index (χ0) is 34.9. The molecule has 5 atom stereocenters. The quantitative estimate of drug-likeness (QED) is 0.0726. The van der Waals surface area contributed by atoms with Crippen molar-refractivity contribution < 1.29 is 42.9 Å². The molecule has 1 aliphatic heterocycles. The van der Waals surface area contributed by atoms with Crippen molar-refractivity contribution in [1.82, 2.24) is 24.6 Å². The summed E-state index contributed by atoms with van der Waals surface area (Å²) in [5.41, 5.74) is 4.92. The van der Waals surface area contributed by atoms with Gasteiger partial charge in [0.25, 0.3) is 5.56 Å². The van der Waals surface area contributed by atoms with Crippen LogP contribution in [0, 0.1) is 5.41 Å². The fourth-order valence-electron chi connectivity index (χ4n) is 4.71. The van der Waals surface area contributed by atoms with Gasteiger partial charge in [0.2, 0.25) is 5.95 Å². The van der Waals surface area contributed by atoms with E-state index in [1.54, 1.807) is 13.8 Å². The second-order valence-electron chi connectivity index (χ2n) is 11.9. The lowest BCUT2D eigenvalue weighted by Gasteiger charge is -2.23. The first-order valence-electron chi connectivity index (χ1n) is 15.6. The van der Waals surface area contributed by atoms with Crippen LogP contribution in [0.5, 0.6) is 0 Å². The number of unbranched alkanes of at least 4 members (excludes halogenated alkanes) is 2. The third-order valence-electron chi connectivity index (χ3n) is 7.50. The Balaban J connectivity index is 1.35. The molecule has 0 amide bonds. The van der Waals surface area contributed by atoms with Crippen LogP contribution in [0.15, 0.2) is 41.5 Å². The normalized spacial score (nSPS) is 20.9. The van der Waals surface area contributed by atoms with E-state index in [4.69, 9.17) is 24.3 Å². The molecule has 5 unspecified atom stereocenters. The van der Waals surface area contributed by atoms with Crippen molar-refractivity contribution in [2.75, 3.05) is 31.3 Å². The fraction of sp³-hybridized carbons (Fsp3) is 0.567. The number of fused-ring (bicyclic) bond motifs is 1. The third kappa shape index (κ3) is 9.95. The number of H-pyrrole nitrogens is 1. The van der Waals surface area contributed by atoms with E-state index in [0.29, 0.717) is 6.42 Å². The number of hydrogen-bond acceptors (Lipinski definition) is 14. The third-order valence-corrected chi connectivity index (χ3v) is 10.2. The SMILES string of the molecule is CCCCCC(=O)OCC(C)(C)C(=O)SCCOP(=O)(NCc1ccccc1)OCC1OC(n2cnc3c(=O)[nH]c(N)nc32)C(O)C1O. The summed E-state index contributed by atoms with van der Waals surface area (Å²) in [4.78, 5) is 47.5. The highest BCUT2D eigenvalue weighted by Crippen LogP contribution is 2.45. The van der Waals surface area contributed by atoms with Crippen LogP contribution >= 0.6 is 19.5 Å². The number of aromatic amines is 1. The molecule has 1 saturated heterocycles. The maximum atomic E-state index is 13.8. The largest absolute Gasteiger partial charge is 0.465 e. The number of ether oxygens (including phenoxy) is 2. The zero-order valence-corrected chi connectivity index (χ0v) is 28.8. The highest BCUT2D eigenvalue weighted by molar-refractivity contribution is 8.13. The van der Waals surface area contributed by atoms with Gasteiger partial charge in [-0.15, -0.1) is 0 Å².